The molecule has 1 aliphatic rings. The highest BCUT2D eigenvalue weighted by molar-refractivity contribution is 7.45. The summed E-state index contributed by atoms with van der Waals surface area (Å²) in [6.07, 6.45) is 0.609. The molecule has 1 unspecified atom stereocenters. The fourth-order valence-electron chi connectivity index (χ4n) is 2.50. The van der Waals surface area contributed by atoms with E-state index in [1.54, 1.807) is 6.92 Å². The third-order valence-electron chi connectivity index (χ3n) is 3.69. The van der Waals surface area contributed by atoms with Crippen LogP contribution in [0.3, 0.4) is 0 Å². The lowest BCUT2D eigenvalue weighted by Crippen LogP contribution is -2.48. The Morgan fingerprint density at radius 1 is 1.39 bits per heavy atom. The number of hydrogen-bond donors (Lipinski definition) is 3. The molecular formula is C15H21N2O5P. The van der Waals surface area contributed by atoms with E-state index in [0.29, 0.717) is 13.0 Å². The van der Waals surface area contributed by atoms with Gasteiger partial charge in [-0.25, -0.2) is 4.79 Å². The molecule has 3 N–H and O–H groups in total. The van der Waals surface area contributed by atoms with E-state index in [1.165, 1.54) is 4.90 Å². The Labute approximate surface area is 136 Å². The van der Waals surface area contributed by atoms with Crippen molar-refractivity contribution in [2.24, 2.45) is 0 Å². The molecular weight excluding hydrogens is 319 g/mol. The molecule has 1 saturated heterocycles. The first-order valence-corrected chi connectivity index (χ1v) is 8.75. The number of nitrogens with zero attached hydrogens (tertiary/aromatic N) is 1. The van der Waals surface area contributed by atoms with Crippen LogP contribution in [0.2, 0.25) is 0 Å². The van der Waals surface area contributed by atoms with Crippen LogP contribution in [0, 0.1) is 0 Å². The van der Waals surface area contributed by atoms with Crippen molar-refractivity contribution in [3.05, 3.63) is 35.9 Å². The first kappa shape index (κ1) is 17.7. The van der Waals surface area contributed by atoms with Crippen LogP contribution in [0.4, 0.5) is 4.79 Å². The molecule has 0 aromatic heterocycles. The zero-order valence-electron chi connectivity index (χ0n) is 12.9. The van der Waals surface area contributed by atoms with E-state index < -0.39 is 26.3 Å². The fourth-order valence-corrected chi connectivity index (χ4v) is 3.39. The van der Waals surface area contributed by atoms with Gasteiger partial charge in [0, 0.05) is 6.54 Å². The van der Waals surface area contributed by atoms with E-state index >= 15 is 0 Å². The van der Waals surface area contributed by atoms with Gasteiger partial charge in [-0.05, 0) is 25.3 Å². The Balaban J connectivity index is 1.82. The molecule has 2 atom stereocenters. The molecule has 1 aliphatic heterocycles. The zero-order chi connectivity index (χ0) is 16.8. The minimum atomic E-state index is -2.19. The van der Waals surface area contributed by atoms with Crippen molar-refractivity contribution in [2.45, 2.75) is 38.2 Å². The predicted octanol–water partition coefficient (Wildman–Crippen LogP) is 1.55. The molecule has 1 aromatic rings. The summed E-state index contributed by atoms with van der Waals surface area (Å²) in [7, 11) is -2.19. The highest BCUT2D eigenvalue weighted by Crippen LogP contribution is 2.40. The van der Waals surface area contributed by atoms with Gasteiger partial charge in [0.15, 0.2) is 8.38 Å². The molecule has 1 heterocycles. The SMILES string of the molecule is C[C@H](NC(=O)OCc1ccccc1)C(=O)N1CCCC1P(O)O. The van der Waals surface area contributed by atoms with Crippen molar-refractivity contribution in [3.8, 4) is 0 Å². The van der Waals surface area contributed by atoms with Crippen molar-refractivity contribution in [1.29, 1.82) is 0 Å². The lowest BCUT2D eigenvalue weighted by atomic mass is 10.2. The van der Waals surface area contributed by atoms with Gasteiger partial charge in [0.25, 0.3) is 0 Å². The average molecular weight is 340 g/mol. The van der Waals surface area contributed by atoms with Gasteiger partial charge in [-0.1, -0.05) is 30.3 Å². The van der Waals surface area contributed by atoms with Gasteiger partial charge in [0.05, 0.1) is 0 Å². The van der Waals surface area contributed by atoms with Crippen LogP contribution < -0.4 is 5.32 Å². The van der Waals surface area contributed by atoms with E-state index in [9.17, 15) is 19.4 Å². The largest absolute Gasteiger partial charge is 0.445 e. The fraction of sp³-hybridized carbons (Fsp3) is 0.467. The second-order valence-electron chi connectivity index (χ2n) is 5.40. The van der Waals surface area contributed by atoms with Crippen LogP contribution >= 0.6 is 8.38 Å². The molecule has 23 heavy (non-hydrogen) atoms. The molecule has 1 aromatic carbocycles. The molecule has 7 nitrogen and oxygen atoms in total. The zero-order valence-corrected chi connectivity index (χ0v) is 13.8. The number of rotatable bonds is 5. The van der Waals surface area contributed by atoms with E-state index in [-0.39, 0.29) is 12.5 Å². The normalized spacial score (nSPS) is 18.8. The molecule has 0 aliphatic carbocycles. The third kappa shape index (κ3) is 4.89. The Morgan fingerprint density at radius 3 is 2.74 bits per heavy atom. The smallest absolute Gasteiger partial charge is 0.408 e. The lowest BCUT2D eigenvalue weighted by Gasteiger charge is -2.27. The highest BCUT2D eigenvalue weighted by atomic mass is 31.2. The molecule has 8 heteroatoms. The second kappa shape index (κ2) is 8.24. The summed E-state index contributed by atoms with van der Waals surface area (Å²) < 4.78 is 5.07. The highest BCUT2D eigenvalue weighted by Gasteiger charge is 2.36. The van der Waals surface area contributed by atoms with Gasteiger partial charge in [0.2, 0.25) is 5.91 Å². The Bertz CT molecular complexity index is 540. The monoisotopic (exact) mass is 340 g/mol. The maximum Gasteiger partial charge on any atom is 0.408 e. The summed E-state index contributed by atoms with van der Waals surface area (Å²) in [5.74, 6) is -0.887. The van der Waals surface area contributed by atoms with Crippen LogP contribution in [0.25, 0.3) is 0 Å². The standard InChI is InChI=1S/C15H21N2O5P/c1-11(14(18)17-9-5-8-13(17)23(20)21)16-15(19)22-10-12-6-3-2-4-7-12/h2-4,6-7,11,13,20-21H,5,8-10H2,1H3,(H,16,19)/t11-,13?/m0/s1. The van der Waals surface area contributed by atoms with Crippen LogP contribution in [0.5, 0.6) is 0 Å². The van der Waals surface area contributed by atoms with E-state index in [1.807, 2.05) is 30.3 Å². The summed E-state index contributed by atoms with van der Waals surface area (Å²) >= 11 is 0. The summed E-state index contributed by atoms with van der Waals surface area (Å²) in [6, 6.07) is 8.45. The van der Waals surface area contributed by atoms with Crippen LogP contribution in [0.15, 0.2) is 30.3 Å². The van der Waals surface area contributed by atoms with Crippen LogP contribution in [-0.2, 0) is 16.1 Å². The minimum absolute atomic E-state index is 0.124. The first-order chi connectivity index (χ1) is 11.0. The lowest BCUT2D eigenvalue weighted by molar-refractivity contribution is -0.132. The molecule has 1 fully saturated rings. The number of amides is 2. The molecule has 0 radical (unpaired) electrons. The van der Waals surface area contributed by atoms with Gasteiger partial charge in [-0.3, -0.25) is 4.79 Å². The van der Waals surface area contributed by atoms with Crippen molar-refractivity contribution < 1.29 is 24.1 Å². The summed E-state index contributed by atoms with van der Waals surface area (Å²) in [5.41, 5.74) is 0.854. The van der Waals surface area contributed by atoms with Gasteiger partial charge in [-0.15, -0.1) is 0 Å². The molecule has 0 bridgehead atoms. The van der Waals surface area contributed by atoms with Crippen molar-refractivity contribution in [1.82, 2.24) is 10.2 Å². The summed E-state index contributed by atoms with van der Waals surface area (Å²) in [6.45, 7) is 2.14. The number of carbonyl (C=O) groups excluding carboxylic acids is 2. The molecule has 2 amide bonds. The number of benzene rings is 1. The number of nitrogens with one attached hydrogen (secondary N) is 1. The van der Waals surface area contributed by atoms with E-state index in [4.69, 9.17) is 4.74 Å². The molecule has 0 saturated carbocycles. The van der Waals surface area contributed by atoms with Crippen molar-refractivity contribution >= 4 is 20.4 Å². The maximum absolute atomic E-state index is 12.3. The Morgan fingerprint density at radius 2 is 2.09 bits per heavy atom. The summed E-state index contributed by atoms with van der Waals surface area (Å²) in [4.78, 5) is 44.2. The summed E-state index contributed by atoms with van der Waals surface area (Å²) in [5, 5.41) is 2.48. The molecule has 0 spiro atoms. The third-order valence-corrected chi connectivity index (χ3v) is 4.76. The minimum Gasteiger partial charge on any atom is -0.445 e. The average Bonchev–Trinajstić information content (AvgIpc) is 3.03. The quantitative estimate of drug-likeness (QED) is 0.706. The van der Waals surface area contributed by atoms with Gasteiger partial charge >= 0.3 is 6.09 Å². The number of alkyl carbamates (subject to hydrolysis) is 1. The first-order valence-electron chi connectivity index (χ1n) is 7.43. The van der Waals surface area contributed by atoms with Gasteiger partial charge < -0.3 is 24.7 Å². The van der Waals surface area contributed by atoms with Crippen LogP contribution in [0.1, 0.15) is 25.3 Å². The topological polar surface area (TPSA) is 99.1 Å². The molecule has 126 valence electrons. The Kier molecular flexibility index (Phi) is 6.33. The van der Waals surface area contributed by atoms with Gasteiger partial charge in [0.1, 0.15) is 18.4 Å². The van der Waals surface area contributed by atoms with E-state index in [0.717, 1.165) is 12.0 Å². The number of hydrogen-bond acceptors (Lipinski definition) is 5. The van der Waals surface area contributed by atoms with Crippen molar-refractivity contribution in [2.75, 3.05) is 6.54 Å². The molecule has 2 rings (SSSR count). The number of carbonyl (C=O) groups is 2. The second-order valence-corrected chi connectivity index (χ2v) is 6.64. The van der Waals surface area contributed by atoms with Gasteiger partial charge in [-0.2, -0.15) is 0 Å². The van der Waals surface area contributed by atoms with Crippen LogP contribution in [-0.4, -0.2) is 45.1 Å². The number of likely N-dealkylation sites (tertiary alicyclic amines) is 1. The Hall–Kier alpha value is -1.69. The maximum atomic E-state index is 12.3. The van der Waals surface area contributed by atoms with Crippen molar-refractivity contribution in [3.63, 3.8) is 0 Å². The van der Waals surface area contributed by atoms with E-state index in [2.05, 4.69) is 5.32 Å². The predicted molar refractivity (Wildman–Crippen MR) is 85.3 cm³/mol. The number of ether oxygens (including phenoxy) is 1.